The van der Waals surface area contributed by atoms with Gasteiger partial charge in [0.05, 0.1) is 16.9 Å². The van der Waals surface area contributed by atoms with E-state index in [9.17, 15) is 10.1 Å². The number of nitrogens with zero attached hydrogens (tertiary/aromatic N) is 3. The van der Waals surface area contributed by atoms with Gasteiger partial charge in [0, 0.05) is 41.2 Å². The molecule has 0 saturated carbocycles. The molecule has 2 heterocycles. The van der Waals surface area contributed by atoms with E-state index in [1.54, 1.807) is 18.3 Å². The zero-order chi connectivity index (χ0) is 17.9. The first-order valence-corrected chi connectivity index (χ1v) is 7.98. The molecule has 0 spiro atoms. The molecule has 0 unspecified atom stereocenters. The first kappa shape index (κ1) is 15.8. The summed E-state index contributed by atoms with van der Waals surface area (Å²) in [7, 11) is 0. The number of benzene rings is 2. The second-order valence-electron chi connectivity index (χ2n) is 5.71. The average molecular weight is 346 g/mol. The Kier molecular flexibility index (Phi) is 4.03. The van der Waals surface area contributed by atoms with Crippen LogP contribution in [-0.4, -0.2) is 15.1 Å². The molecule has 0 saturated heterocycles. The fraction of sp³-hybridized carbons (Fsp3) is 0.0526. The summed E-state index contributed by atoms with van der Waals surface area (Å²) in [6.07, 6.45) is 3.11. The number of aromatic nitrogens is 2. The largest absolute Gasteiger partial charge is 0.379 e. The lowest BCUT2D eigenvalue weighted by atomic mass is 10.1. The molecule has 2 aromatic heterocycles. The van der Waals surface area contributed by atoms with Gasteiger partial charge in [0.2, 0.25) is 0 Å². The third-order valence-electron chi connectivity index (χ3n) is 4.07. The Morgan fingerprint density at radius 1 is 1.08 bits per heavy atom. The monoisotopic (exact) mass is 346 g/mol. The van der Waals surface area contributed by atoms with Gasteiger partial charge in [0.25, 0.3) is 5.69 Å². The topological polar surface area (TPSA) is 94.1 Å². The van der Waals surface area contributed by atoms with Crippen LogP contribution < -0.4 is 5.32 Å². The summed E-state index contributed by atoms with van der Waals surface area (Å²) in [5.74, 6) is 0.695. The highest BCUT2D eigenvalue weighted by Crippen LogP contribution is 2.31. The second kappa shape index (κ2) is 6.64. The highest BCUT2D eigenvalue weighted by molar-refractivity contribution is 5.99. The van der Waals surface area contributed by atoms with Crippen molar-refractivity contribution in [2.45, 2.75) is 6.54 Å². The molecule has 0 aliphatic rings. The molecule has 0 aliphatic heterocycles. The Morgan fingerprint density at radius 3 is 2.73 bits per heavy atom. The van der Waals surface area contributed by atoms with Crippen molar-refractivity contribution in [2.75, 3.05) is 5.32 Å². The van der Waals surface area contributed by atoms with Crippen LogP contribution in [-0.2, 0) is 6.54 Å². The molecule has 0 amide bonds. The predicted molar refractivity (Wildman–Crippen MR) is 97.7 cm³/mol. The quantitative estimate of drug-likeness (QED) is 0.425. The predicted octanol–water partition coefficient (Wildman–Crippen LogP) is 4.41. The SMILES string of the molecule is O=[N+]([O-])c1ccc(NCc2cc(-c3ccccc3)on2)c2ccncc12. The number of nitro benzene ring substituents is 1. The smallest absolute Gasteiger partial charge is 0.278 e. The van der Waals surface area contributed by atoms with Gasteiger partial charge in [-0.05, 0) is 12.1 Å². The number of hydrogen-bond acceptors (Lipinski definition) is 6. The number of anilines is 1. The number of fused-ring (bicyclic) bond motifs is 1. The minimum Gasteiger partial charge on any atom is -0.379 e. The molecule has 0 fully saturated rings. The van der Waals surface area contributed by atoms with Gasteiger partial charge in [0.1, 0.15) is 5.69 Å². The number of nitrogens with one attached hydrogen (secondary N) is 1. The van der Waals surface area contributed by atoms with Gasteiger partial charge in [-0.3, -0.25) is 15.1 Å². The van der Waals surface area contributed by atoms with Crippen molar-refractivity contribution < 1.29 is 9.45 Å². The van der Waals surface area contributed by atoms with Crippen molar-refractivity contribution in [3.8, 4) is 11.3 Å². The number of nitro groups is 1. The highest BCUT2D eigenvalue weighted by atomic mass is 16.6. The van der Waals surface area contributed by atoms with E-state index in [0.29, 0.717) is 17.7 Å². The molecule has 0 bridgehead atoms. The van der Waals surface area contributed by atoms with Gasteiger partial charge in [-0.15, -0.1) is 0 Å². The minimum absolute atomic E-state index is 0.0337. The van der Waals surface area contributed by atoms with Crippen molar-refractivity contribution in [1.82, 2.24) is 10.1 Å². The van der Waals surface area contributed by atoms with Crippen molar-refractivity contribution in [3.63, 3.8) is 0 Å². The zero-order valence-electron chi connectivity index (χ0n) is 13.6. The summed E-state index contributed by atoms with van der Waals surface area (Å²) >= 11 is 0. The van der Waals surface area contributed by atoms with Gasteiger partial charge in [-0.25, -0.2) is 0 Å². The van der Waals surface area contributed by atoms with E-state index >= 15 is 0 Å². The summed E-state index contributed by atoms with van der Waals surface area (Å²) in [6, 6.07) is 16.5. The van der Waals surface area contributed by atoms with Crippen LogP contribution in [0.3, 0.4) is 0 Å². The van der Waals surface area contributed by atoms with Crippen LogP contribution in [0.4, 0.5) is 11.4 Å². The Balaban J connectivity index is 1.58. The Hall–Kier alpha value is -3.74. The normalized spacial score (nSPS) is 10.8. The molecule has 128 valence electrons. The van der Waals surface area contributed by atoms with Crippen molar-refractivity contribution >= 4 is 22.1 Å². The van der Waals surface area contributed by atoms with Gasteiger partial charge in [-0.2, -0.15) is 0 Å². The lowest BCUT2D eigenvalue weighted by Gasteiger charge is -2.08. The fourth-order valence-electron chi connectivity index (χ4n) is 2.81. The van der Waals surface area contributed by atoms with Gasteiger partial charge >= 0.3 is 0 Å². The lowest BCUT2D eigenvalue weighted by molar-refractivity contribution is -0.383. The average Bonchev–Trinajstić information content (AvgIpc) is 3.15. The van der Waals surface area contributed by atoms with Crippen molar-refractivity contribution in [2.24, 2.45) is 0 Å². The first-order valence-electron chi connectivity index (χ1n) is 7.98. The number of non-ortho nitro benzene ring substituents is 1. The lowest BCUT2D eigenvalue weighted by Crippen LogP contribution is -2.01. The maximum Gasteiger partial charge on any atom is 0.278 e. The minimum atomic E-state index is -0.405. The summed E-state index contributed by atoms with van der Waals surface area (Å²) in [4.78, 5) is 14.8. The van der Waals surface area contributed by atoms with Crippen LogP contribution >= 0.6 is 0 Å². The van der Waals surface area contributed by atoms with Crippen molar-refractivity contribution in [1.29, 1.82) is 0 Å². The Morgan fingerprint density at radius 2 is 1.92 bits per heavy atom. The van der Waals surface area contributed by atoms with E-state index in [1.807, 2.05) is 36.4 Å². The van der Waals surface area contributed by atoms with Crippen LogP contribution in [0.15, 0.2) is 71.5 Å². The number of hydrogen-bond donors (Lipinski definition) is 1. The van der Waals surface area contributed by atoms with Crippen LogP contribution in [0.5, 0.6) is 0 Å². The molecule has 7 heteroatoms. The molecule has 26 heavy (non-hydrogen) atoms. The zero-order valence-corrected chi connectivity index (χ0v) is 13.6. The van der Waals surface area contributed by atoms with Crippen LogP contribution in [0, 0.1) is 10.1 Å². The molecule has 4 aromatic rings. The van der Waals surface area contributed by atoms with E-state index in [2.05, 4.69) is 15.5 Å². The summed E-state index contributed by atoms with van der Waals surface area (Å²) in [6.45, 7) is 0.436. The van der Waals surface area contributed by atoms with Crippen molar-refractivity contribution in [3.05, 3.63) is 82.8 Å². The third kappa shape index (κ3) is 2.98. The molecule has 7 nitrogen and oxygen atoms in total. The molecule has 0 atom stereocenters. The van der Waals surface area contributed by atoms with E-state index in [-0.39, 0.29) is 5.69 Å². The van der Waals surface area contributed by atoms with E-state index in [1.165, 1.54) is 12.3 Å². The van der Waals surface area contributed by atoms with Crippen LogP contribution in [0.25, 0.3) is 22.1 Å². The molecule has 0 aliphatic carbocycles. The number of rotatable bonds is 5. The van der Waals surface area contributed by atoms with Crippen LogP contribution in [0.2, 0.25) is 0 Å². The van der Waals surface area contributed by atoms with E-state index in [4.69, 9.17) is 4.52 Å². The fourth-order valence-corrected chi connectivity index (χ4v) is 2.81. The molecule has 4 rings (SSSR count). The third-order valence-corrected chi connectivity index (χ3v) is 4.07. The summed E-state index contributed by atoms with van der Waals surface area (Å²) < 4.78 is 5.39. The molecular weight excluding hydrogens is 332 g/mol. The highest BCUT2D eigenvalue weighted by Gasteiger charge is 2.14. The standard InChI is InChI=1S/C19H14N4O3/c24-23(25)18-7-6-17(15-8-9-20-12-16(15)18)21-11-14-10-19(26-22-14)13-4-2-1-3-5-13/h1-10,12,21H,11H2. The maximum absolute atomic E-state index is 11.2. The number of pyridine rings is 1. The van der Waals surface area contributed by atoms with E-state index < -0.39 is 4.92 Å². The van der Waals surface area contributed by atoms with Gasteiger partial charge < -0.3 is 9.84 Å². The second-order valence-corrected chi connectivity index (χ2v) is 5.71. The molecule has 0 radical (unpaired) electrons. The van der Waals surface area contributed by atoms with Gasteiger partial charge in [0.15, 0.2) is 5.76 Å². The summed E-state index contributed by atoms with van der Waals surface area (Å²) in [5, 5.41) is 19.7. The molecular formula is C19H14N4O3. The van der Waals surface area contributed by atoms with E-state index in [0.717, 1.165) is 22.3 Å². The maximum atomic E-state index is 11.2. The first-order chi connectivity index (χ1) is 12.7. The van der Waals surface area contributed by atoms with Crippen LogP contribution in [0.1, 0.15) is 5.69 Å². The molecule has 1 N–H and O–H groups in total. The van der Waals surface area contributed by atoms with Gasteiger partial charge in [-0.1, -0.05) is 35.5 Å². The Bertz CT molecular complexity index is 1080. The Labute approximate surface area is 148 Å². The molecule has 2 aromatic carbocycles. The summed E-state index contributed by atoms with van der Waals surface area (Å²) in [5.41, 5.74) is 2.51.